The van der Waals surface area contributed by atoms with Crippen molar-refractivity contribution in [1.82, 2.24) is 5.32 Å². The van der Waals surface area contributed by atoms with Crippen LogP contribution in [0.1, 0.15) is 26.3 Å². The first-order valence-corrected chi connectivity index (χ1v) is 7.48. The van der Waals surface area contributed by atoms with Gasteiger partial charge in [0.15, 0.2) is 0 Å². The highest BCUT2D eigenvalue weighted by Gasteiger charge is 2.24. The largest absolute Gasteiger partial charge is 0.488 e. The number of halogens is 1. The summed E-state index contributed by atoms with van der Waals surface area (Å²) in [6.45, 7) is 0.318. The number of ether oxygens (including phenoxy) is 2. The second-order valence-electron chi connectivity index (χ2n) is 5.47. The molecular weight excluding hydrogens is 313 g/mol. The zero-order chi connectivity index (χ0) is 17.1. The molecule has 0 aliphatic carbocycles. The van der Waals surface area contributed by atoms with E-state index in [0.717, 1.165) is 5.56 Å². The van der Waals surface area contributed by atoms with Crippen molar-refractivity contribution in [2.45, 2.75) is 12.5 Å². The van der Waals surface area contributed by atoms with Crippen LogP contribution in [0.15, 0.2) is 42.5 Å². The van der Waals surface area contributed by atoms with Gasteiger partial charge in [-0.25, -0.2) is 9.18 Å². The van der Waals surface area contributed by atoms with E-state index in [9.17, 15) is 14.0 Å². The van der Waals surface area contributed by atoms with Gasteiger partial charge in [-0.15, -0.1) is 0 Å². The molecule has 0 aromatic heterocycles. The molecule has 0 fully saturated rings. The molecule has 6 heteroatoms. The molecule has 2 aromatic carbocycles. The van der Waals surface area contributed by atoms with Crippen molar-refractivity contribution in [2.75, 3.05) is 13.7 Å². The van der Waals surface area contributed by atoms with Gasteiger partial charge in [-0.05, 0) is 48.0 Å². The Bertz CT molecular complexity index is 773. The second kappa shape index (κ2) is 6.70. The molecule has 0 saturated carbocycles. The van der Waals surface area contributed by atoms with E-state index in [0.29, 0.717) is 29.8 Å². The summed E-state index contributed by atoms with van der Waals surface area (Å²) in [7, 11) is 1.33. The highest BCUT2D eigenvalue weighted by Crippen LogP contribution is 2.29. The van der Waals surface area contributed by atoms with Gasteiger partial charge < -0.3 is 14.8 Å². The Morgan fingerprint density at radius 3 is 2.62 bits per heavy atom. The van der Waals surface area contributed by atoms with Crippen molar-refractivity contribution >= 4 is 11.9 Å². The van der Waals surface area contributed by atoms with E-state index in [1.54, 1.807) is 18.2 Å². The maximum Gasteiger partial charge on any atom is 0.337 e. The topological polar surface area (TPSA) is 64.6 Å². The molecule has 0 saturated heterocycles. The lowest BCUT2D eigenvalue weighted by Gasteiger charge is -2.12. The molecule has 1 aliphatic heterocycles. The molecule has 1 heterocycles. The van der Waals surface area contributed by atoms with Crippen molar-refractivity contribution in [3.05, 3.63) is 65.0 Å². The summed E-state index contributed by atoms with van der Waals surface area (Å²) in [5.41, 5.74) is 1.76. The third kappa shape index (κ3) is 3.37. The Balaban J connectivity index is 1.59. The van der Waals surface area contributed by atoms with Crippen molar-refractivity contribution < 1.29 is 23.5 Å². The van der Waals surface area contributed by atoms with E-state index in [1.165, 1.54) is 31.4 Å². The summed E-state index contributed by atoms with van der Waals surface area (Å²) in [6, 6.07) is 10.4. The van der Waals surface area contributed by atoms with E-state index in [2.05, 4.69) is 5.32 Å². The Labute approximate surface area is 138 Å². The van der Waals surface area contributed by atoms with Gasteiger partial charge in [0.1, 0.15) is 17.7 Å². The van der Waals surface area contributed by atoms with Crippen molar-refractivity contribution in [1.29, 1.82) is 0 Å². The van der Waals surface area contributed by atoms with Crippen molar-refractivity contribution in [3.63, 3.8) is 0 Å². The lowest BCUT2D eigenvalue weighted by atomic mass is 10.1. The van der Waals surface area contributed by atoms with Gasteiger partial charge in [-0.2, -0.15) is 0 Å². The van der Waals surface area contributed by atoms with Gasteiger partial charge in [0.25, 0.3) is 5.91 Å². The number of nitrogens with one attached hydrogen (secondary N) is 1. The smallest absolute Gasteiger partial charge is 0.337 e. The Kier molecular flexibility index (Phi) is 4.46. The van der Waals surface area contributed by atoms with Crippen LogP contribution in [0.25, 0.3) is 0 Å². The molecule has 1 atom stereocenters. The number of fused-ring (bicyclic) bond motifs is 1. The number of hydrogen-bond acceptors (Lipinski definition) is 4. The minimum atomic E-state index is -0.397. The molecule has 0 radical (unpaired) electrons. The Morgan fingerprint density at radius 1 is 1.21 bits per heavy atom. The average Bonchev–Trinajstić information content (AvgIpc) is 3.01. The van der Waals surface area contributed by atoms with Gasteiger partial charge in [-0.3, -0.25) is 4.79 Å². The van der Waals surface area contributed by atoms with Crippen LogP contribution in [0.2, 0.25) is 0 Å². The van der Waals surface area contributed by atoms with E-state index in [-0.39, 0.29) is 17.8 Å². The van der Waals surface area contributed by atoms with Gasteiger partial charge in [0.05, 0.1) is 19.2 Å². The highest BCUT2D eigenvalue weighted by molar-refractivity contribution is 5.94. The molecule has 24 heavy (non-hydrogen) atoms. The zero-order valence-corrected chi connectivity index (χ0v) is 13.0. The standard InChI is InChI=1S/C18H16FNO4/c1-23-18(22)12-4-7-16-13(8-12)9-15(24-16)10-20-17(21)11-2-5-14(19)6-3-11/h2-8,15H,9-10H2,1H3,(H,20,21)/t15-/m1/s1. The third-order valence-corrected chi connectivity index (χ3v) is 3.82. The molecule has 1 N–H and O–H groups in total. The number of esters is 1. The predicted molar refractivity (Wildman–Crippen MR) is 84.6 cm³/mol. The van der Waals surface area contributed by atoms with Crippen LogP contribution in [0, 0.1) is 5.82 Å². The first-order valence-electron chi connectivity index (χ1n) is 7.48. The molecule has 1 aliphatic rings. The second-order valence-corrected chi connectivity index (χ2v) is 5.47. The number of carbonyl (C=O) groups is 2. The molecule has 0 unspecified atom stereocenters. The fraction of sp³-hybridized carbons (Fsp3) is 0.222. The minimum Gasteiger partial charge on any atom is -0.488 e. The zero-order valence-electron chi connectivity index (χ0n) is 13.0. The first-order chi connectivity index (χ1) is 11.6. The van der Waals surface area contributed by atoms with Crippen LogP contribution in [-0.2, 0) is 11.2 Å². The summed E-state index contributed by atoms with van der Waals surface area (Å²) in [5, 5.41) is 2.77. The van der Waals surface area contributed by atoms with Crippen LogP contribution in [-0.4, -0.2) is 31.6 Å². The van der Waals surface area contributed by atoms with E-state index < -0.39 is 5.97 Å². The maximum absolute atomic E-state index is 12.9. The van der Waals surface area contributed by atoms with Crippen LogP contribution in [0.3, 0.4) is 0 Å². The number of methoxy groups -OCH3 is 1. The lowest BCUT2D eigenvalue weighted by Crippen LogP contribution is -2.34. The van der Waals surface area contributed by atoms with Gasteiger partial charge in [0, 0.05) is 12.0 Å². The molecule has 3 rings (SSSR count). The van der Waals surface area contributed by atoms with E-state index in [1.807, 2.05) is 0 Å². The normalized spacial score (nSPS) is 15.3. The number of benzene rings is 2. The lowest BCUT2D eigenvalue weighted by molar-refractivity contribution is 0.0600. The number of carbonyl (C=O) groups excluding carboxylic acids is 2. The van der Waals surface area contributed by atoms with Crippen LogP contribution < -0.4 is 10.1 Å². The fourth-order valence-corrected chi connectivity index (χ4v) is 2.59. The summed E-state index contributed by atoms with van der Waals surface area (Å²) in [5.74, 6) is -0.373. The molecular formula is C18H16FNO4. The third-order valence-electron chi connectivity index (χ3n) is 3.82. The van der Waals surface area contributed by atoms with E-state index >= 15 is 0 Å². The molecule has 1 amide bonds. The summed E-state index contributed by atoms with van der Waals surface area (Å²) >= 11 is 0. The first kappa shape index (κ1) is 16.0. The Morgan fingerprint density at radius 2 is 1.92 bits per heavy atom. The summed E-state index contributed by atoms with van der Waals surface area (Å²) < 4.78 is 23.3. The molecule has 5 nitrogen and oxygen atoms in total. The number of hydrogen-bond donors (Lipinski definition) is 1. The SMILES string of the molecule is COC(=O)c1ccc2c(c1)C[C@H](CNC(=O)c1ccc(F)cc1)O2. The molecule has 0 spiro atoms. The quantitative estimate of drug-likeness (QED) is 0.875. The van der Waals surface area contributed by atoms with Crippen molar-refractivity contribution in [3.8, 4) is 5.75 Å². The average molecular weight is 329 g/mol. The summed E-state index contributed by atoms with van der Waals surface area (Å²) in [6.07, 6.45) is 0.376. The monoisotopic (exact) mass is 329 g/mol. The van der Waals surface area contributed by atoms with Crippen LogP contribution in [0.4, 0.5) is 4.39 Å². The van der Waals surface area contributed by atoms with Gasteiger partial charge in [0.2, 0.25) is 0 Å². The molecule has 124 valence electrons. The predicted octanol–water partition coefficient (Wildman–Crippen LogP) is 2.35. The number of rotatable bonds is 4. The maximum atomic E-state index is 12.9. The Hall–Kier alpha value is -2.89. The van der Waals surface area contributed by atoms with Crippen LogP contribution >= 0.6 is 0 Å². The van der Waals surface area contributed by atoms with Crippen molar-refractivity contribution in [2.24, 2.45) is 0 Å². The van der Waals surface area contributed by atoms with E-state index in [4.69, 9.17) is 9.47 Å². The number of amides is 1. The van der Waals surface area contributed by atoms with Crippen LogP contribution in [0.5, 0.6) is 5.75 Å². The minimum absolute atomic E-state index is 0.211. The van der Waals surface area contributed by atoms with Gasteiger partial charge in [-0.1, -0.05) is 0 Å². The summed E-state index contributed by atoms with van der Waals surface area (Å²) in [4.78, 5) is 23.6. The van der Waals surface area contributed by atoms with Gasteiger partial charge >= 0.3 is 5.97 Å². The highest BCUT2D eigenvalue weighted by atomic mass is 19.1. The fourth-order valence-electron chi connectivity index (χ4n) is 2.59. The molecule has 2 aromatic rings. The molecule has 0 bridgehead atoms.